The third-order valence-electron chi connectivity index (χ3n) is 10.1. The van der Waals surface area contributed by atoms with E-state index in [0.717, 1.165) is 56.0 Å². The van der Waals surface area contributed by atoms with E-state index in [2.05, 4.69) is 72.8 Å². The zero-order valence-electron chi connectivity index (χ0n) is 31.5. The Labute approximate surface area is 328 Å². The van der Waals surface area contributed by atoms with Crippen molar-refractivity contribution in [3.05, 3.63) is 144 Å². The Morgan fingerprint density at radius 3 is 0.946 bits per heavy atom. The summed E-state index contributed by atoms with van der Waals surface area (Å²) in [6.45, 7) is 6.04. The molecule has 11 aliphatic rings. The highest BCUT2D eigenvalue weighted by Crippen LogP contribution is 2.35. The average Bonchev–Trinajstić information content (AvgIpc) is 3.95. The van der Waals surface area contributed by atoms with E-state index in [1.165, 1.54) is 0 Å². The topological polar surface area (TPSA) is 92.3 Å². The van der Waals surface area contributed by atoms with Crippen molar-refractivity contribution in [2.24, 2.45) is 0 Å². The maximum absolute atomic E-state index is 6.11. The second-order valence-corrected chi connectivity index (χ2v) is 13.8. The van der Waals surface area contributed by atoms with Crippen LogP contribution in [0.1, 0.15) is 22.3 Å². The molecule has 0 amide bonds. The van der Waals surface area contributed by atoms with Crippen LogP contribution in [-0.2, 0) is 62.7 Å². The fraction of sp³-hybridized carbons (Fsp3) is 0.348. The van der Waals surface area contributed by atoms with Crippen LogP contribution < -0.4 is 9.47 Å². The summed E-state index contributed by atoms with van der Waals surface area (Å²) in [5.41, 5.74) is 8.33. The summed E-state index contributed by atoms with van der Waals surface area (Å²) in [4.78, 5) is 0. The molecule has 10 heteroatoms. The smallest absolute Gasteiger partial charge is 0.219 e. The molecule has 0 saturated carbocycles. The van der Waals surface area contributed by atoms with Gasteiger partial charge in [-0.15, -0.1) is 0 Å². The average molecular weight is 761 g/mol. The van der Waals surface area contributed by atoms with Crippen LogP contribution in [-0.4, -0.2) is 79.3 Å². The number of benzene rings is 5. The molecule has 11 aliphatic heterocycles. The Kier molecular flexibility index (Phi) is 12.7. The Morgan fingerprint density at radius 1 is 0.304 bits per heavy atom. The van der Waals surface area contributed by atoms with E-state index in [-0.39, 0.29) is 13.2 Å². The third-order valence-corrected chi connectivity index (χ3v) is 10.1. The van der Waals surface area contributed by atoms with Crippen LogP contribution in [0, 0.1) is 0 Å². The van der Waals surface area contributed by atoms with Crippen LogP contribution in [0.3, 0.4) is 0 Å². The second kappa shape index (κ2) is 18.5. The first kappa shape index (κ1) is 38.3. The van der Waals surface area contributed by atoms with Crippen molar-refractivity contribution in [1.29, 1.82) is 0 Å². The van der Waals surface area contributed by atoms with Crippen molar-refractivity contribution >= 4 is 0 Å². The predicted molar refractivity (Wildman–Crippen MR) is 209 cm³/mol. The number of hydrogen-bond acceptors (Lipinski definition) is 10. The summed E-state index contributed by atoms with van der Waals surface area (Å²) in [6.07, 6.45) is 0. The first-order valence-electron chi connectivity index (χ1n) is 19.3. The summed E-state index contributed by atoms with van der Waals surface area (Å²) in [6, 6.07) is 41.1. The molecule has 56 heavy (non-hydrogen) atoms. The molecule has 2 fully saturated rings. The predicted octanol–water partition coefficient (Wildman–Crippen LogP) is 7.66. The zero-order chi connectivity index (χ0) is 37.9. The minimum absolute atomic E-state index is 0.263. The van der Waals surface area contributed by atoms with Crippen molar-refractivity contribution in [2.75, 3.05) is 79.3 Å². The molecule has 5 aromatic rings. The molecule has 0 unspecified atom stereocenters. The molecule has 5 aromatic carbocycles. The normalized spacial score (nSPS) is 19.5. The van der Waals surface area contributed by atoms with Gasteiger partial charge in [0, 0.05) is 11.1 Å². The van der Waals surface area contributed by atoms with Gasteiger partial charge in [0.05, 0.1) is 66.1 Å². The zero-order valence-corrected chi connectivity index (χ0v) is 31.5. The van der Waals surface area contributed by atoms with Crippen molar-refractivity contribution in [1.82, 2.24) is 0 Å². The molecule has 10 nitrogen and oxygen atoms in total. The molecule has 2 saturated heterocycles. The molecule has 0 radical (unpaired) electrons. The Morgan fingerprint density at radius 2 is 0.607 bits per heavy atom. The van der Waals surface area contributed by atoms with Gasteiger partial charge in [0.25, 0.3) is 0 Å². The van der Waals surface area contributed by atoms with Gasteiger partial charge < -0.3 is 47.4 Å². The molecule has 2 spiro atoms. The Balaban J connectivity index is 0.921. The minimum atomic E-state index is -0.943. The molecule has 0 N–H and O–H groups in total. The summed E-state index contributed by atoms with van der Waals surface area (Å²) in [5, 5.41) is 0. The summed E-state index contributed by atoms with van der Waals surface area (Å²) >= 11 is 0. The Bertz CT molecular complexity index is 1790. The fourth-order valence-electron chi connectivity index (χ4n) is 6.93. The van der Waals surface area contributed by atoms with E-state index in [4.69, 9.17) is 47.4 Å². The van der Waals surface area contributed by atoms with Gasteiger partial charge in [-0.25, -0.2) is 0 Å². The van der Waals surface area contributed by atoms with E-state index in [1.54, 1.807) is 0 Å². The maximum atomic E-state index is 6.11. The van der Waals surface area contributed by atoms with Crippen molar-refractivity contribution < 1.29 is 47.4 Å². The SMILES string of the molecule is c1cc2ccc1COc1ccc(cc1)-c1ccc(cc1)C1(COCCOCCOCCOCC3(OCCO3)c3ccc(cc3)-c3ccc(cc3)OC2)OCCO1. The first-order valence-corrected chi connectivity index (χ1v) is 19.3. The number of fused-ring (bicyclic) bond motifs is 1. The third kappa shape index (κ3) is 9.49. The molecule has 16 rings (SSSR count). The standard InChI is InChI=1S/C46H48O10/c1-2-36-4-3-35(1)31-51-43-17-9-39(10-18-43)37-5-13-41(14-6-37)45(53-27-28-54-45)33-49-25-23-47-21-22-48-24-26-50-34-46(55-29-30-56-46)42-15-7-38(8-16-42)40-11-19-44(20-12-40)52-32-36/h1-20H,21-34H2. The molecular weight excluding hydrogens is 712 g/mol. The van der Waals surface area contributed by atoms with E-state index in [9.17, 15) is 0 Å². The van der Waals surface area contributed by atoms with Crippen LogP contribution in [0.4, 0.5) is 0 Å². The number of rotatable bonds is 0. The van der Waals surface area contributed by atoms with Gasteiger partial charge in [-0.2, -0.15) is 0 Å². The Hall–Kier alpha value is -4.62. The largest absolute Gasteiger partial charge is 0.489 e. The van der Waals surface area contributed by atoms with Gasteiger partial charge in [-0.3, -0.25) is 0 Å². The highest BCUT2D eigenvalue weighted by atomic mass is 16.8. The molecule has 10 bridgehead atoms. The fourth-order valence-corrected chi connectivity index (χ4v) is 6.93. The first-order chi connectivity index (χ1) is 27.7. The van der Waals surface area contributed by atoms with Gasteiger partial charge in [0.2, 0.25) is 11.6 Å². The highest BCUT2D eigenvalue weighted by Gasteiger charge is 2.40. The van der Waals surface area contributed by atoms with Gasteiger partial charge in [0.15, 0.2) is 0 Å². The lowest BCUT2D eigenvalue weighted by atomic mass is 10.00. The van der Waals surface area contributed by atoms with Crippen LogP contribution >= 0.6 is 0 Å². The number of ether oxygens (including phenoxy) is 10. The quantitative estimate of drug-likeness (QED) is 0.157. The summed E-state index contributed by atoms with van der Waals surface area (Å²) < 4.78 is 60.0. The van der Waals surface area contributed by atoms with Gasteiger partial charge in [0.1, 0.15) is 37.9 Å². The van der Waals surface area contributed by atoms with Gasteiger partial charge in [-0.1, -0.05) is 97.1 Å². The van der Waals surface area contributed by atoms with Crippen LogP contribution in [0.25, 0.3) is 22.3 Å². The van der Waals surface area contributed by atoms with Crippen molar-refractivity contribution in [2.45, 2.75) is 24.8 Å². The molecule has 0 aliphatic carbocycles. The van der Waals surface area contributed by atoms with Crippen molar-refractivity contribution in [3.63, 3.8) is 0 Å². The van der Waals surface area contributed by atoms with E-state index in [0.29, 0.717) is 79.3 Å². The molecule has 0 aromatic heterocycles. The number of hydrogen-bond donors (Lipinski definition) is 0. The molecule has 292 valence electrons. The summed E-state index contributed by atoms with van der Waals surface area (Å²) in [5.74, 6) is -0.271. The highest BCUT2D eigenvalue weighted by molar-refractivity contribution is 5.65. The summed E-state index contributed by atoms with van der Waals surface area (Å²) in [7, 11) is 0. The molecular formula is C46H48O10. The lowest BCUT2D eigenvalue weighted by Crippen LogP contribution is -2.33. The van der Waals surface area contributed by atoms with Crippen LogP contribution in [0.15, 0.2) is 121 Å². The monoisotopic (exact) mass is 760 g/mol. The van der Waals surface area contributed by atoms with Crippen LogP contribution in [0.5, 0.6) is 11.5 Å². The van der Waals surface area contributed by atoms with E-state index >= 15 is 0 Å². The van der Waals surface area contributed by atoms with Gasteiger partial charge >= 0.3 is 0 Å². The second-order valence-electron chi connectivity index (χ2n) is 13.8. The lowest BCUT2D eigenvalue weighted by Gasteiger charge is -2.28. The van der Waals surface area contributed by atoms with Gasteiger partial charge in [-0.05, 0) is 57.6 Å². The molecule has 11 heterocycles. The van der Waals surface area contributed by atoms with E-state index in [1.807, 2.05) is 48.5 Å². The minimum Gasteiger partial charge on any atom is -0.489 e. The molecule has 0 atom stereocenters. The van der Waals surface area contributed by atoms with Crippen molar-refractivity contribution in [3.8, 4) is 33.8 Å². The van der Waals surface area contributed by atoms with Crippen LogP contribution in [0.2, 0.25) is 0 Å². The van der Waals surface area contributed by atoms with E-state index < -0.39 is 11.6 Å². The lowest BCUT2D eigenvalue weighted by molar-refractivity contribution is -0.205. The maximum Gasteiger partial charge on any atom is 0.219 e.